The van der Waals surface area contributed by atoms with Gasteiger partial charge in [-0.05, 0) is 13.8 Å². The van der Waals surface area contributed by atoms with Crippen LogP contribution in [0.2, 0.25) is 0 Å². The molecule has 0 aromatic carbocycles. The van der Waals surface area contributed by atoms with E-state index < -0.39 is 17.4 Å². The Balaban J connectivity index is 2.65. The van der Waals surface area contributed by atoms with E-state index in [0.29, 0.717) is 19.6 Å². The predicted octanol–water partition coefficient (Wildman–Crippen LogP) is -0.976. The minimum absolute atomic E-state index is 0.422. The molecule has 0 unspecified atom stereocenters. The van der Waals surface area contributed by atoms with Crippen LogP contribution in [0, 0.1) is 0 Å². The van der Waals surface area contributed by atoms with E-state index in [2.05, 4.69) is 0 Å². The summed E-state index contributed by atoms with van der Waals surface area (Å²) < 4.78 is 0. The summed E-state index contributed by atoms with van der Waals surface area (Å²) in [5, 5.41) is 0. The van der Waals surface area contributed by atoms with Crippen molar-refractivity contribution in [2.45, 2.75) is 19.4 Å². The van der Waals surface area contributed by atoms with Gasteiger partial charge in [-0.3, -0.25) is 9.59 Å². The van der Waals surface area contributed by atoms with Crippen molar-refractivity contribution in [3.05, 3.63) is 0 Å². The fourth-order valence-corrected chi connectivity index (χ4v) is 1.42. The van der Waals surface area contributed by atoms with E-state index in [0.717, 1.165) is 0 Å². The van der Waals surface area contributed by atoms with E-state index >= 15 is 0 Å². The van der Waals surface area contributed by atoms with E-state index in [4.69, 9.17) is 5.73 Å². The van der Waals surface area contributed by atoms with Crippen molar-refractivity contribution < 1.29 is 9.59 Å². The molecule has 5 nitrogen and oxygen atoms in total. The van der Waals surface area contributed by atoms with Gasteiger partial charge in [0.05, 0.1) is 0 Å². The van der Waals surface area contributed by atoms with Crippen LogP contribution in [-0.2, 0) is 9.59 Å². The molecular weight excluding hydrogens is 182 g/mol. The van der Waals surface area contributed by atoms with Crippen LogP contribution in [0.25, 0.3) is 0 Å². The van der Waals surface area contributed by atoms with E-state index in [1.807, 2.05) is 13.8 Å². The van der Waals surface area contributed by atoms with Crippen molar-refractivity contribution >= 4 is 11.8 Å². The minimum Gasteiger partial charge on any atom is -0.336 e. The third kappa shape index (κ3) is 2.45. The van der Waals surface area contributed by atoms with Gasteiger partial charge in [0, 0.05) is 32.2 Å². The normalized spacial score (nSPS) is 19.1. The molecule has 14 heavy (non-hydrogen) atoms. The van der Waals surface area contributed by atoms with Gasteiger partial charge in [0.1, 0.15) is 0 Å². The van der Waals surface area contributed by atoms with Crippen LogP contribution < -0.4 is 5.73 Å². The second-order valence-corrected chi connectivity index (χ2v) is 4.44. The second-order valence-electron chi connectivity index (χ2n) is 4.44. The van der Waals surface area contributed by atoms with Crippen molar-refractivity contribution in [2.75, 3.05) is 26.7 Å². The first-order valence-electron chi connectivity index (χ1n) is 4.64. The van der Waals surface area contributed by atoms with E-state index in [9.17, 15) is 9.59 Å². The Morgan fingerprint density at radius 2 is 1.86 bits per heavy atom. The number of carbonyl (C=O) groups is 2. The number of hydrogen-bond acceptors (Lipinski definition) is 3. The molecule has 0 aliphatic carbocycles. The largest absolute Gasteiger partial charge is 0.336 e. The third-order valence-corrected chi connectivity index (χ3v) is 2.12. The highest BCUT2D eigenvalue weighted by Gasteiger charge is 2.32. The molecule has 1 rings (SSSR count). The van der Waals surface area contributed by atoms with Crippen molar-refractivity contribution in [3.8, 4) is 0 Å². The predicted molar refractivity (Wildman–Crippen MR) is 52.5 cm³/mol. The van der Waals surface area contributed by atoms with Crippen LogP contribution in [0.1, 0.15) is 13.8 Å². The first-order valence-corrected chi connectivity index (χ1v) is 4.64. The summed E-state index contributed by atoms with van der Waals surface area (Å²) in [4.78, 5) is 25.8. The molecule has 0 atom stereocenters. The number of hydrogen-bond donors (Lipinski definition) is 1. The summed E-state index contributed by atoms with van der Waals surface area (Å²) in [7, 11) is 1.63. The van der Waals surface area contributed by atoms with Crippen LogP contribution in [0.15, 0.2) is 0 Å². The molecule has 0 bridgehead atoms. The molecule has 1 saturated heterocycles. The van der Waals surface area contributed by atoms with E-state index in [1.165, 1.54) is 9.80 Å². The molecule has 0 spiro atoms. The molecule has 0 aromatic heterocycles. The monoisotopic (exact) mass is 199 g/mol. The first kappa shape index (κ1) is 11.0. The zero-order valence-corrected chi connectivity index (χ0v) is 8.91. The summed E-state index contributed by atoms with van der Waals surface area (Å²) in [6.07, 6.45) is 0. The van der Waals surface area contributed by atoms with Crippen LogP contribution in [0.3, 0.4) is 0 Å². The summed E-state index contributed by atoms with van der Waals surface area (Å²) in [6, 6.07) is 0. The van der Waals surface area contributed by atoms with Gasteiger partial charge in [-0.1, -0.05) is 0 Å². The Morgan fingerprint density at radius 3 is 2.36 bits per heavy atom. The van der Waals surface area contributed by atoms with Gasteiger partial charge in [0.15, 0.2) is 0 Å². The van der Waals surface area contributed by atoms with Gasteiger partial charge in [0.25, 0.3) is 0 Å². The highest BCUT2D eigenvalue weighted by Crippen LogP contribution is 2.07. The van der Waals surface area contributed by atoms with Gasteiger partial charge in [0.2, 0.25) is 0 Å². The highest BCUT2D eigenvalue weighted by molar-refractivity contribution is 6.35. The summed E-state index contributed by atoms with van der Waals surface area (Å²) >= 11 is 0. The smallest absolute Gasteiger partial charge is 0.312 e. The number of likely N-dealkylation sites (N-methyl/N-ethyl adjacent to an activating group) is 1. The Kier molecular flexibility index (Phi) is 2.80. The van der Waals surface area contributed by atoms with E-state index in [-0.39, 0.29) is 0 Å². The maximum atomic E-state index is 11.5. The Labute approximate surface area is 83.8 Å². The van der Waals surface area contributed by atoms with Crippen LogP contribution >= 0.6 is 0 Å². The quantitative estimate of drug-likeness (QED) is 0.581. The Morgan fingerprint density at radius 1 is 1.29 bits per heavy atom. The molecule has 1 fully saturated rings. The maximum absolute atomic E-state index is 11.5. The lowest BCUT2D eigenvalue weighted by atomic mass is 10.1. The van der Waals surface area contributed by atoms with E-state index in [1.54, 1.807) is 7.05 Å². The standard InChI is InChI=1S/C9H17N3O2/c1-9(2,10)6-12-5-4-11(3)7(13)8(12)14/h4-6,10H2,1-3H3. The lowest BCUT2D eigenvalue weighted by Crippen LogP contribution is -2.57. The molecule has 5 heteroatoms. The zero-order chi connectivity index (χ0) is 10.9. The Bertz CT molecular complexity index is 257. The third-order valence-electron chi connectivity index (χ3n) is 2.12. The SMILES string of the molecule is CN1CCN(CC(C)(C)N)C(=O)C1=O. The van der Waals surface area contributed by atoms with Crippen LogP contribution in [-0.4, -0.2) is 53.8 Å². The molecule has 0 saturated carbocycles. The van der Waals surface area contributed by atoms with Gasteiger partial charge < -0.3 is 15.5 Å². The number of rotatable bonds is 2. The summed E-state index contributed by atoms with van der Waals surface area (Å²) in [6.45, 7) is 5.25. The van der Waals surface area contributed by atoms with Crippen LogP contribution in [0.4, 0.5) is 0 Å². The number of piperazine rings is 1. The lowest BCUT2D eigenvalue weighted by Gasteiger charge is -2.35. The number of nitrogens with two attached hydrogens (primary N) is 1. The maximum Gasteiger partial charge on any atom is 0.312 e. The highest BCUT2D eigenvalue weighted by atomic mass is 16.2. The van der Waals surface area contributed by atoms with Gasteiger partial charge in [-0.25, -0.2) is 0 Å². The Hall–Kier alpha value is -1.10. The summed E-state index contributed by atoms with van der Waals surface area (Å²) in [5.74, 6) is -0.891. The average Bonchev–Trinajstić information content (AvgIpc) is 2.04. The molecule has 2 N–H and O–H groups in total. The molecule has 0 radical (unpaired) electrons. The average molecular weight is 199 g/mol. The molecule has 1 aliphatic rings. The van der Waals surface area contributed by atoms with Crippen LogP contribution in [0.5, 0.6) is 0 Å². The van der Waals surface area contributed by atoms with Crippen molar-refractivity contribution in [3.63, 3.8) is 0 Å². The van der Waals surface area contributed by atoms with Crippen molar-refractivity contribution in [2.24, 2.45) is 5.73 Å². The van der Waals surface area contributed by atoms with Gasteiger partial charge in [-0.15, -0.1) is 0 Å². The van der Waals surface area contributed by atoms with Gasteiger partial charge in [-0.2, -0.15) is 0 Å². The zero-order valence-electron chi connectivity index (χ0n) is 8.91. The minimum atomic E-state index is -0.453. The molecule has 0 aromatic rings. The fourth-order valence-electron chi connectivity index (χ4n) is 1.42. The number of nitrogens with zero attached hydrogens (tertiary/aromatic N) is 2. The van der Waals surface area contributed by atoms with Crippen molar-refractivity contribution in [1.29, 1.82) is 0 Å². The first-order chi connectivity index (χ1) is 6.31. The molecular formula is C9H17N3O2. The topological polar surface area (TPSA) is 66.6 Å². The number of amides is 2. The summed E-state index contributed by atoms with van der Waals surface area (Å²) in [5.41, 5.74) is 5.34. The molecule has 2 amide bonds. The second kappa shape index (κ2) is 3.57. The molecule has 1 heterocycles. The number of carbonyl (C=O) groups excluding carboxylic acids is 2. The van der Waals surface area contributed by atoms with Gasteiger partial charge >= 0.3 is 11.8 Å². The lowest BCUT2D eigenvalue weighted by molar-refractivity contribution is -0.155. The molecule has 1 aliphatic heterocycles. The van der Waals surface area contributed by atoms with Crippen molar-refractivity contribution in [1.82, 2.24) is 9.80 Å². The fraction of sp³-hybridized carbons (Fsp3) is 0.778. The molecule has 80 valence electrons.